The van der Waals surface area contributed by atoms with Crippen LogP contribution in [0, 0.1) is 32.4 Å². The van der Waals surface area contributed by atoms with Crippen molar-refractivity contribution in [1.82, 2.24) is 97.6 Å². The number of piperazine rings is 4. The molecule has 3 aromatic carbocycles. The van der Waals surface area contributed by atoms with Crippen LogP contribution < -0.4 is 77.7 Å². The molecule has 32 nitrogen and oxygen atoms in total. The Hall–Kier alpha value is -14.3. The third kappa shape index (κ3) is 21.6. The van der Waals surface area contributed by atoms with E-state index in [4.69, 9.17) is 24.4 Å². The Labute approximate surface area is 822 Å². The summed E-state index contributed by atoms with van der Waals surface area (Å²) in [7, 11) is 6.99. The molecule has 0 unspecified atom stereocenters. The molecular formula is C104H109F2N25O7S3. The lowest BCUT2D eigenvalue weighted by atomic mass is 10.1. The summed E-state index contributed by atoms with van der Waals surface area (Å²) >= 11 is 5.02. The van der Waals surface area contributed by atoms with E-state index in [9.17, 15) is 32.8 Å². The van der Waals surface area contributed by atoms with Crippen LogP contribution in [0.15, 0.2) is 225 Å². The second kappa shape index (κ2) is 41.2. The van der Waals surface area contributed by atoms with Gasteiger partial charge >= 0.3 is 0 Å². The van der Waals surface area contributed by atoms with E-state index in [0.717, 1.165) is 195 Å². The van der Waals surface area contributed by atoms with Gasteiger partial charge in [0.15, 0.2) is 11.6 Å². The number of aromatic nitrogens is 15. The molecule has 5 fully saturated rings. The number of fused-ring (bicyclic) bond motifs is 8. The second-order valence-electron chi connectivity index (χ2n) is 36.6. The highest BCUT2D eigenvalue weighted by molar-refractivity contribution is 7.19. The standard InChI is InChI=1S/2C22H23N5OS.C21H21N5OS.C20H22FN5O2.C19H20FN5O2/c1-13-10-26(11-14(2)23-13)17-5-7-21-25-18(9-22(28)27(21)12-17)16-4-6-20-19(8-16)24-15(3)29-20;1-15-23-19-12-16(4-6-20(19)29-15)18-13-22(28)27-14-17(5-7-21(27)24-18)26-9-3-8-25(2)10-11-26;1-14-22-18-11-15(3-5-19(18)28-14)17-12-21(27)26-13-16(4-6-20(26)23-17)25-9-7-24(2)8-10-25;1-12-9-25(10-13(2)23-12)15-4-5-18-24-17(7-19(27)26(18)11-15)14-6-16(21)20(28-3)22-8-14;1-12-10-24(6-5-21-12)14-3-4-17-23-16(8-18(26)25(17)11-14)13-7-15(20)19(27-2)22-9-13/h4-9,12-14,23H,10-11H2,1-3H3;4-7,12-14H,3,8-11H2,1-2H3;3-6,11-13H,7-10H2,1-2H3;4-8,11-13,23H,9-10H2,1-3H3;3-4,7-9,11-12,21H,5-6,10H2,1-2H3/t13-,14+;;;12-,13+;12-/m....0/s1. The number of benzene rings is 3. The summed E-state index contributed by atoms with van der Waals surface area (Å²) in [4.78, 5) is 125. The molecule has 0 bridgehead atoms. The van der Waals surface area contributed by atoms with Crippen molar-refractivity contribution >= 4 is 121 Å². The normalized spacial score (nSPS) is 17.7. The molecule has 23 rings (SSSR count). The molecule has 724 valence electrons. The number of methoxy groups -OCH3 is 2. The van der Waals surface area contributed by atoms with E-state index >= 15 is 0 Å². The number of ether oxygens (including phenoxy) is 2. The topological polar surface area (TPSA) is 314 Å². The van der Waals surface area contributed by atoms with Crippen molar-refractivity contribution < 1.29 is 18.3 Å². The Bertz CT molecular complexity index is 8060. The molecule has 37 heteroatoms. The van der Waals surface area contributed by atoms with Crippen molar-refractivity contribution in [2.75, 3.05) is 151 Å². The van der Waals surface area contributed by atoms with Crippen LogP contribution >= 0.6 is 34.0 Å². The van der Waals surface area contributed by atoms with Crippen molar-refractivity contribution in [3.63, 3.8) is 0 Å². The largest absolute Gasteiger partial charge is 0.479 e. The maximum absolute atomic E-state index is 14.0. The van der Waals surface area contributed by atoms with E-state index in [1.165, 1.54) is 59.7 Å². The zero-order valence-electron chi connectivity index (χ0n) is 80.4. The molecular weight excluding hydrogens is 1850 g/mol. The molecule has 18 aromatic rings. The number of anilines is 5. The molecule has 0 saturated carbocycles. The van der Waals surface area contributed by atoms with Crippen LogP contribution in [0.5, 0.6) is 11.8 Å². The second-order valence-corrected chi connectivity index (χ2v) is 40.3. The van der Waals surface area contributed by atoms with Crippen LogP contribution in [0.2, 0.25) is 0 Å². The van der Waals surface area contributed by atoms with Crippen LogP contribution in [-0.4, -0.2) is 238 Å². The number of thiazole rings is 3. The lowest BCUT2D eigenvalue weighted by Gasteiger charge is -2.37. The van der Waals surface area contributed by atoms with Gasteiger partial charge in [0, 0.05) is 223 Å². The highest BCUT2D eigenvalue weighted by Gasteiger charge is 2.27. The van der Waals surface area contributed by atoms with Crippen molar-refractivity contribution in [2.24, 2.45) is 0 Å². The molecule has 20 heterocycles. The molecule has 0 radical (unpaired) electrons. The van der Waals surface area contributed by atoms with Crippen LogP contribution in [0.4, 0.5) is 37.2 Å². The summed E-state index contributed by atoms with van der Waals surface area (Å²) in [5.41, 5.74) is 16.7. The number of hydrogen-bond donors (Lipinski definition) is 3. The van der Waals surface area contributed by atoms with Gasteiger partial charge in [-0.05, 0) is 192 Å². The fraction of sp³-hybridized carbons (Fsp3) is 0.317. The van der Waals surface area contributed by atoms with E-state index in [-0.39, 0.29) is 39.6 Å². The van der Waals surface area contributed by atoms with Crippen LogP contribution in [0.3, 0.4) is 0 Å². The summed E-state index contributed by atoms with van der Waals surface area (Å²) < 4.78 is 49.0. The first-order valence-corrected chi connectivity index (χ1v) is 49.6. The maximum atomic E-state index is 14.0. The molecule has 15 aromatic heterocycles. The zero-order chi connectivity index (χ0) is 98.1. The number of nitrogens with zero attached hydrogens (tertiary/aromatic N) is 22. The Morgan fingerprint density at radius 3 is 0.943 bits per heavy atom. The Morgan fingerprint density at radius 1 is 0.326 bits per heavy atom. The van der Waals surface area contributed by atoms with E-state index < -0.39 is 11.6 Å². The van der Waals surface area contributed by atoms with Crippen molar-refractivity contribution in [3.05, 3.63) is 280 Å². The highest BCUT2D eigenvalue weighted by atomic mass is 32.1. The van der Waals surface area contributed by atoms with Gasteiger partial charge in [0.05, 0.1) is 117 Å². The number of aryl methyl sites for hydroxylation is 3. The quantitative estimate of drug-likeness (QED) is 0.102. The van der Waals surface area contributed by atoms with Crippen LogP contribution in [-0.2, 0) is 0 Å². The predicted octanol–water partition coefficient (Wildman–Crippen LogP) is 13.7. The first-order valence-electron chi connectivity index (χ1n) is 47.2. The lowest BCUT2D eigenvalue weighted by Crippen LogP contribution is -2.54. The molecule has 141 heavy (non-hydrogen) atoms. The smallest absolute Gasteiger partial charge is 0.258 e. The maximum Gasteiger partial charge on any atom is 0.258 e. The van der Waals surface area contributed by atoms with Gasteiger partial charge < -0.3 is 59.7 Å². The van der Waals surface area contributed by atoms with Gasteiger partial charge in [-0.1, -0.05) is 18.2 Å². The third-order valence-electron chi connectivity index (χ3n) is 25.7. The van der Waals surface area contributed by atoms with E-state index in [2.05, 4.69) is 170 Å². The van der Waals surface area contributed by atoms with Gasteiger partial charge in [-0.2, -0.15) is 0 Å². The van der Waals surface area contributed by atoms with E-state index in [0.29, 0.717) is 98.0 Å². The van der Waals surface area contributed by atoms with Crippen LogP contribution in [0.25, 0.3) is 115 Å². The van der Waals surface area contributed by atoms with Gasteiger partial charge in [0.1, 0.15) is 28.2 Å². The fourth-order valence-electron chi connectivity index (χ4n) is 18.8. The average Bonchev–Trinajstić information content (AvgIpc) is 1.77. The number of pyridine rings is 7. The van der Waals surface area contributed by atoms with Crippen molar-refractivity contribution in [2.45, 2.75) is 92.0 Å². The summed E-state index contributed by atoms with van der Waals surface area (Å²) in [6, 6.07) is 49.9. The van der Waals surface area contributed by atoms with Gasteiger partial charge in [-0.25, -0.2) is 58.6 Å². The first-order chi connectivity index (χ1) is 68.1. The molecule has 5 aliphatic heterocycles. The fourth-order valence-corrected chi connectivity index (χ4v) is 21.2. The van der Waals surface area contributed by atoms with E-state index in [1.54, 1.807) is 77.7 Å². The summed E-state index contributed by atoms with van der Waals surface area (Å²) in [6.07, 6.45) is 13.4. The van der Waals surface area contributed by atoms with Gasteiger partial charge in [-0.15, -0.1) is 34.0 Å². The minimum Gasteiger partial charge on any atom is -0.479 e. The molecule has 0 amide bonds. The van der Waals surface area contributed by atoms with E-state index in [1.807, 2.05) is 118 Å². The summed E-state index contributed by atoms with van der Waals surface area (Å²) in [5.74, 6) is -1.38. The minimum atomic E-state index is -0.598. The SMILES string of the molecule is COc1ncc(-c2cc(=O)n3cc(N4CCN[C@@H](C)C4)ccc3n2)cc1F.COc1ncc(-c2cc(=O)n3cc(N4C[C@@H](C)N[C@@H](C)C4)ccc3n2)cc1F.Cc1nc2cc(-c3cc(=O)n4cc(N5CCCN(C)CC5)ccc4n3)ccc2s1.Cc1nc2cc(-c3cc(=O)n4cc(N5CCN(C)CC5)ccc4n3)ccc2s1.Cc1nc2cc(-c3cc(=O)n4cc(N5C[C@@H](C)N[C@@H](C)C5)ccc4n3)ccc2s1. The number of hydrogen-bond acceptors (Lipinski definition) is 30. The predicted molar refractivity (Wildman–Crippen MR) is 559 cm³/mol. The number of nitrogens with one attached hydrogen (secondary N) is 3. The van der Waals surface area contributed by atoms with Gasteiger partial charge in [0.2, 0.25) is 11.8 Å². The van der Waals surface area contributed by atoms with Crippen molar-refractivity contribution in [1.29, 1.82) is 0 Å². The Kier molecular flexibility index (Phi) is 28.0. The van der Waals surface area contributed by atoms with Gasteiger partial charge in [0.25, 0.3) is 27.8 Å². The zero-order valence-corrected chi connectivity index (χ0v) is 82.9. The molecule has 3 N–H and O–H groups in total. The van der Waals surface area contributed by atoms with Crippen molar-refractivity contribution in [3.8, 4) is 68.0 Å². The minimum absolute atomic E-state index is 0.0617. The third-order valence-corrected chi connectivity index (χ3v) is 28.6. The number of halogens is 2. The lowest BCUT2D eigenvalue weighted by molar-refractivity contribution is 0.313. The molecule has 5 saturated heterocycles. The average molecular weight is 1960 g/mol. The number of rotatable bonds is 12. The Balaban J connectivity index is 0.000000112. The summed E-state index contributed by atoms with van der Waals surface area (Å²) in [5, 5.41) is 13.5. The molecule has 5 aliphatic rings. The summed E-state index contributed by atoms with van der Waals surface area (Å²) in [6.45, 7) is 31.1. The Morgan fingerprint density at radius 2 is 0.624 bits per heavy atom. The van der Waals surface area contributed by atoms with Crippen LogP contribution in [0.1, 0.15) is 56.1 Å². The molecule has 5 atom stereocenters. The molecule has 0 aliphatic carbocycles. The monoisotopic (exact) mass is 1950 g/mol. The van der Waals surface area contributed by atoms with Gasteiger partial charge in [-0.3, -0.25) is 46.0 Å². The molecule has 0 spiro atoms. The highest BCUT2D eigenvalue weighted by Crippen LogP contribution is 2.34. The number of likely N-dealkylation sites (N-methyl/N-ethyl adjacent to an activating group) is 2. The first kappa shape index (κ1) is 95.6.